The van der Waals surface area contributed by atoms with Crippen molar-refractivity contribution in [3.8, 4) is 0 Å². The summed E-state index contributed by atoms with van der Waals surface area (Å²) in [5.41, 5.74) is -0.824. The van der Waals surface area contributed by atoms with E-state index < -0.39 is 23.2 Å². The van der Waals surface area contributed by atoms with Crippen LogP contribution in [0.25, 0.3) is 0 Å². The molecule has 1 heterocycles. The first-order valence-electron chi connectivity index (χ1n) is 7.73. The number of carbonyl (C=O) groups excluding carboxylic acids is 2. The minimum absolute atomic E-state index is 0.0203. The van der Waals surface area contributed by atoms with Gasteiger partial charge in [-0.15, -0.1) is 0 Å². The zero-order valence-electron chi connectivity index (χ0n) is 13.2. The predicted octanol–water partition coefficient (Wildman–Crippen LogP) is 2.37. The summed E-state index contributed by atoms with van der Waals surface area (Å²) in [6.45, 7) is 0.385. The number of amides is 2. The van der Waals surface area contributed by atoms with E-state index >= 15 is 0 Å². The second-order valence-electron chi connectivity index (χ2n) is 5.86. The first-order valence-corrected chi connectivity index (χ1v) is 8.52. The van der Waals surface area contributed by atoms with Crippen LogP contribution in [0.4, 0.5) is 10.1 Å². The molecule has 1 fully saturated rings. The maximum atomic E-state index is 13.0. The minimum atomic E-state index is -2.11. The largest absolute Gasteiger partial charge is 0.372 e. The highest BCUT2D eigenvalue weighted by molar-refractivity contribution is 9.10. The molecule has 2 aromatic carbocycles. The minimum Gasteiger partial charge on any atom is -0.372 e. The standard InChI is InChI=1S/C18H16BrFN2O3/c19-13-3-1-2-12(10-13)11-21-16(23)18(25)8-9-22(17(18)24)15-6-4-14(20)5-7-15/h1-7,10,25H,8-9,11H2,(H,21,23). The van der Waals surface area contributed by atoms with Gasteiger partial charge in [-0.2, -0.15) is 0 Å². The van der Waals surface area contributed by atoms with Crippen molar-refractivity contribution in [3.05, 3.63) is 64.4 Å². The highest BCUT2D eigenvalue weighted by Gasteiger charge is 2.51. The van der Waals surface area contributed by atoms with Gasteiger partial charge in [-0.05, 0) is 42.0 Å². The van der Waals surface area contributed by atoms with Crippen molar-refractivity contribution in [1.82, 2.24) is 5.32 Å². The molecule has 0 saturated carbocycles. The van der Waals surface area contributed by atoms with Crippen LogP contribution in [-0.4, -0.2) is 29.1 Å². The topological polar surface area (TPSA) is 69.6 Å². The fourth-order valence-electron chi connectivity index (χ4n) is 2.76. The smallest absolute Gasteiger partial charge is 0.268 e. The van der Waals surface area contributed by atoms with Gasteiger partial charge in [0.05, 0.1) is 0 Å². The van der Waals surface area contributed by atoms with Crippen molar-refractivity contribution >= 4 is 33.4 Å². The summed E-state index contributed by atoms with van der Waals surface area (Å²) in [6, 6.07) is 12.7. The first-order chi connectivity index (χ1) is 11.9. The molecule has 1 saturated heterocycles. The number of carbonyl (C=O) groups is 2. The molecule has 2 N–H and O–H groups in total. The second kappa shape index (κ2) is 6.93. The molecule has 0 spiro atoms. The average molecular weight is 407 g/mol. The Bertz CT molecular complexity index is 812. The van der Waals surface area contributed by atoms with Crippen LogP contribution in [0.2, 0.25) is 0 Å². The fraction of sp³-hybridized carbons (Fsp3) is 0.222. The third-order valence-electron chi connectivity index (χ3n) is 4.15. The summed E-state index contributed by atoms with van der Waals surface area (Å²) in [4.78, 5) is 26.2. The second-order valence-corrected chi connectivity index (χ2v) is 6.77. The Labute approximate surface area is 152 Å². The number of nitrogens with one attached hydrogen (secondary N) is 1. The molecular formula is C18H16BrFN2O3. The molecule has 0 aliphatic carbocycles. The molecule has 0 bridgehead atoms. The van der Waals surface area contributed by atoms with Crippen LogP contribution in [0.5, 0.6) is 0 Å². The molecule has 0 radical (unpaired) electrons. The maximum Gasteiger partial charge on any atom is 0.268 e. The van der Waals surface area contributed by atoms with E-state index in [-0.39, 0.29) is 19.5 Å². The summed E-state index contributed by atoms with van der Waals surface area (Å²) in [5.74, 6) is -1.86. The summed E-state index contributed by atoms with van der Waals surface area (Å²) in [6.07, 6.45) is -0.0203. The lowest BCUT2D eigenvalue weighted by Crippen LogP contribution is -2.52. The normalized spacial score (nSPS) is 20.0. The molecule has 7 heteroatoms. The van der Waals surface area contributed by atoms with Gasteiger partial charge in [-0.25, -0.2) is 4.39 Å². The van der Waals surface area contributed by atoms with Crippen molar-refractivity contribution in [3.63, 3.8) is 0 Å². The molecule has 5 nitrogen and oxygen atoms in total. The highest BCUT2D eigenvalue weighted by Crippen LogP contribution is 2.28. The number of rotatable bonds is 4. The number of aliphatic hydroxyl groups is 1. The van der Waals surface area contributed by atoms with Crippen molar-refractivity contribution in [2.45, 2.75) is 18.6 Å². The van der Waals surface area contributed by atoms with Crippen LogP contribution >= 0.6 is 15.9 Å². The number of nitrogens with zero attached hydrogens (tertiary/aromatic N) is 1. The molecule has 1 atom stereocenters. The van der Waals surface area contributed by atoms with Gasteiger partial charge in [-0.3, -0.25) is 9.59 Å². The Hall–Kier alpha value is -2.25. The monoisotopic (exact) mass is 406 g/mol. The summed E-state index contributed by atoms with van der Waals surface area (Å²) >= 11 is 3.34. The number of benzene rings is 2. The van der Waals surface area contributed by atoms with Crippen molar-refractivity contribution in [2.24, 2.45) is 0 Å². The van der Waals surface area contributed by atoms with Crippen LogP contribution in [0, 0.1) is 5.82 Å². The molecule has 0 aromatic heterocycles. The first kappa shape index (κ1) is 17.6. The van der Waals surface area contributed by atoms with Crippen LogP contribution in [0.3, 0.4) is 0 Å². The zero-order valence-corrected chi connectivity index (χ0v) is 14.8. The van der Waals surface area contributed by atoms with Gasteiger partial charge in [0.15, 0.2) is 0 Å². The number of halogens is 2. The highest BCUT2D eigenvalue weighted by atomic mass is 79.9. The molecule has 1 aliphatic rings. The molecule has 130 valence electrons. The molecule has 1 unspecified atom stereocenters. The Morgan fingerprint density at radius 1 is 1.28 bits per heavy atom. The predicted molar refractivity (Wildman–Crippen MR) is 94.3 cm³/mol. The molecule has 25 heavy (non-hydrogen) atoms. The third-order valence-corrected chi connectivity index (χ3v) is 4.65. The van der Waals surface area contributed by atoms with E-state index in [0.717, 1.165) is 10.0 Å². The van der Waals surface area contributed by atoms with E-state index in [1.807, 2.05) is 24.3 Å². The lowest BCUT2D eigenvalue weighted by Gasteiger charge is -2.21. The van der Waals surface area contributed by atoms with Gasteiger partial charge in [-0.1, -0.05) is 28.1 Å². The third kappa shape index (κ3) is 3.57. The van der Waals surface area contributed by atoms with Gasteiger partial charge in [0.25, 0.3) is 11.8 Å². The van der Waals surface area contributed by atoms with E-state index in [2.05, 4.69) is 21.2 Å². The number of anilines is 1. The Kier molecular flexibility index (Phi) is 4.87. The van der Waals surface area contributed by atoms with E-state index in [9.17, 15) is 19.1 Å². The van der Waals surface area contributed by atoms with Gasteiger partial charge in [0.1, 0.15) is 5.82 Å². The lowest BCUT2D eigenvalue weighted by atomic mass is 10.0. The molecule has 2 aromatic rings. The maximum absolute atomic E-state index is 13.0. The van der Waals surface area contributed by atoms with Gasteiger partial charge >= 0.3 is 0 Å². The molecule has 3 rings (SSSR count). The lowest BCUT2D eigenvalue weighted by molar-refractivity contribution is -0.149. The van der Waals surface area contributed by atoms with E-state index in [1.54, 1.807) is 0 Å². The summed E-state index contributed by atoms with van der Waals surface area (Å²) in [5, 5.41) is 13.2. The average Bonchev–Trinajstić information content (AvgIpc) is 2.90. The summed E-state index contributed by atoms with van der Waals surface area (Å²) < 4.78 is 13.9. The van der Waals surface area contributed by atoms with Crippen LogP contribution in [-0.2, 0) is 16.1 Å². The van der Waals surface area contributed by atoms with E-state index in [0.29, 0.717) is 5.69 Å². The van der Waals surface area contributed by atoms with E-state index in [1.165, 1.54) is 29.2 Å². The van der Waals surface area contributed by atoms with Gasteiger partial charge in [0.2, 0.25) is 5.60 Å². The zero-order chi connectivity index (χ0) is 18.0. The quantitative estimate of drug-likeness (QED) is 0.765. The molecule has 2 amide bonds. The van der Waals surface area contributed by atoms with Crippen molar-refractivity contribution in [2.75, 3.05) is 11.4 Å². The van der Waals surface area contributed by atoms with Gasteiger partial charge in [0, 0.05) is 29.7 Å². The van der Waals surface area contributed by atoms with Crippen LogP contribution < -0.4 is 10.2 Å². The van der Waals surface area contributed by atoms with E-state index in [4.69, 9.17) is 0 Å². The fourth-order valence-corrected chi connectivity index (χ4v) is 3.21. The SMILES string of the molecule is O=C(NCc1cccc(Br)c1)C1(O)CCN(c2ccc(F)cc2)C1=O. The van der Waals surface area contributed by atoms with Crippen molar-refractivity contribution in [1.29, 1.82) is 0 Å². The van der Waals surface area contributed by atoms with Crippen LogP contribution in [0.15, 0.2) is 53.0 Å². The number of hydrogen-bond acceptors (Lipinski definition) is 3. The molecule has 1 aliphatic heterocycles. The van der Waals surface area contributed by atoms with Gasteiger partial charge < -0.3 is 15.3 Å². The molecular weight excluding hydrogens is 391 g/mol. The van der Waals surface area contributed by atoms with Crippen LogP contribution in [0.1, 0.15) is 12.0 Å². The Morgan fingerprint density at radius 3 is 2.68 bits per heavy atom. The number of hydrogen-bond donors (Lipinski definition) is 2. The Balaban J connectivity index is 1.69. The summed E-state index contributed by atoms with van der Waals surface area (Å²) in [7, 11) is 0. The Morgan fingerprint density at radius 2 is 2.00 bits per heavy atom. The van der Waals surface area contributed by atoms with Crippen molar-refractivity contribution < 1.29 is 19.1 Å².